The Kier molecular flexibility index (Phi) is 10.8. The van der Waals surface area contributed by atoms with Crippen molar-refractivity contribution in [3.05, 3.63) is 46.1 Å². The predicted molar refractivity (Wildman–Crippen MR) is 222 cm³/mol. The number of fused-ring (bicyclic) bond motifs is 7. The Bertz CT molecular complexity index is 1800. The molecule has 0 spiro atoms. The molecule has 2 heterocycles. The van der Waals surface area contributed by atoms with Crippen LogP contribution in [-0.2, 0) is 14.6 Å². The number of hydrogen-bond donors (Lipinski definition) is 2. The first-order valence-electron chi connectivity index (χ1n) is 21.7. The topological polar surface area (TPSA) is 109 Å². The molecule has 8 rings (SSSR count). The van der Waals surface area contributed by atoms with Gasteiger partial charge in [-0.2, -0.15) is 0 Å². The number of aromatic nitrogens is 1. The van der Waals surface area contributed by atoms with Crippen LogP contribution in [0.1, 0.15) is 118 Å². The van der Waals surface area contributed by atoms with E-state index in [1.54, 1.807) is 6.20 Å². The molecule has 7 aliphatic rings. The lowest BCUT2D eigenvalue weighted by atomic mass is 9.34. The second-order valence-corrected chi connectivity index (χ2v) is 23.1. The molecule has 5 fully saturated rings. The zero-order valence-corrected chi connectivity index (χ0v) is 36.3. The van der Waals surface area contributed by atoms with Crippen LogP contribution in [0.5, 0.6) is 5.88 Å². The zero-order chi connectivity index (χ0) is 38.9. The molecule has 0 aromatic carbocycles. The summed E-state index contributed by atoms with van der Waals surface area (Å²) >= 11 is 3.46. The van der Waals surface area contributed by atoms with Crippen molar-refractivity contribution in [1.29, 1.82) is 0 Å². The second-order valence-electron chi connectivity index (χ2n) is 19.9. The first-order chi connectivity index (χ1) is 26.1. The van der Waals surface area contributed by atoms with E-state index in [1.807, 2.05) is 12.1 Å². The summed E-state index contributed by atoms with van der Waals surface area (Å²) in [6.45, 7) is 14.2. The van der Waals surface area contributed by atoms with Crippen molar-refractivity contribution in [3.63, 3.8) is 0 Å². The van der Waals surface area contributed by atoms with Gasteiger partial charge < -0.3 is 20.1 Å². The van der Waals surface area contributed by atoms with Crippen molar-refractivity contribution >= 4 is 31.7 Å². The minimum Gasteiger partial charge on any atom is -0.481 e. The highest BCUT2D eigenvalue weighted by Crippen LogP contribution is 2.75. The lowest BCUT2D eigenvalue weighted by Crippen LogP contribution is -2.67. The molecular weight excluding hydrogens is 774 g/mol. The van der Waals surface area contributed by atoms with Crippen LogP contribution < -0.4 is 10.1 Å². The number of carbonyl (C=O) groups is 1. The van der Waals surface area contributed by atoms with E-state index in [-0.39, 0.29) is 11.0 Å². The number of nitrogens with one attached hydrogen (secondary N) is 1. The maximum atomic E-state index is 12.7. The summed E-state index contributed by atoms with van der Waals surface area (Å²) < 4.78 is 30.8. The predicted octanol–water partition coefficient (Wildman–Crippen LogP) is 8.87. The Labute approximate surface area is 339 Å². The van der Waals surface area contributed by atoms with Crippen LogP contribution in [0.25, 0.3) is 0 Å². The van der Waals surface area contributed by atoms with E-state index in [4.69, 9.17) is 4.74 Å². The third kappa shape index (κ3) is 6.90. The van der Waals surface area contributed by atoms with Gasteiger partial charge in [0.15, 0.2) is 9.84 Å². The number of halogens is 1. The molecule has 1 aromatic rings. The van der Waals surface area contributed by atoms with E-state index >= 15 is 0 Å². The maximum Gasteiger partial charge on any atom is 0.310 e. The fraction of sp³-hybridized carbons (Fsp3) is 0.778. The van der Waals surface area contributed by atoms with Crippen LogP contribution in [0.2, 0.25) is 0 Å². The van der Waals surface area contributed by atoms with Gasteiger partial charge in [-0.05, 0) is 147 Å². The summed E-state index contributed by atoms with van der Waals surface area (Å²) in [7, 11) is -2.84. The number of carboxylic acids is 1. The monoisotopic (exact) mass is 839 g/mol. The average molecular weight is 841 g/mol. The third-order valence-corrected chi connectivity index (χ3v) is 20.0. The number of hydrogen-bond acceptors (Lipinski definition) is 7. The fourth-order valence-corrected chi connectivity index (χ4v) is 16.1. The third-order valence-electron chi connectivity index (χ3n) is 17.9. The number of aliphatic carboxylic acids is 1. The van der Waals surface area contributed by atoms with Crippen molar-refractivity contribution in [3.8, 4) is 5.88 Å². The molecule has 8 nitrogen and oxygen atoms in total. The van der Waals surface area contributed by atoms with Crippen LogP contribution in [0.4, 0.5) is 0 Å². The van der Waals surface area contributed by atoms with Crippen LogP contribution in [-0.4, -0.2) is 79.2 Å². The molecule has 0 bridgehead atoms. The van der Waals surface area contributed by atoms with Crippen molar-refractivity contribution in [2.75, 3.05) is 44.3 Å². The molecular formula is C45H66BrN3O5S. The molecule has 1 aromatic heterocycles. The van der Waals surface area contributed by atoms with Gasteiger partial charge >= 0.3 is 5.97 Å². The smallest absolute Gasteiger partial charge is 0.310 e. The Balaban J connectivity index is 0.939. The van der Waals surface area contributed by atoms with E-state index in [0.29, 0.717) is 79.0 Å². The lowest BCUT2D eigenvalue weighted by Gasteiger charge is -2.71. The standard InChI is InChI=1S/C45H66BrN3O5S/c1-31-34(32-9-17-44(18-10-32,40(50)51)21-27-54-39-30-33(46)13-22-47-39)11-15-41(2)35(31)12-16-43(4)38(41)8-7-36-37-6-5-14-45(37,20-19-42(36,43)3)48-23-24-49-25-28-55(52,53)29-26-49/h9,11,13,22,30-31,35-38,48H,5-8,10,12,14-21,23-29H2,1-4H3,(H,50,51)/t31?,35?,36?,37-,38?,41?,42-,43?,44?,45?/m1/s1. The Morgan fingerprint density at radius 3 is 2.51 bits per heavy atom. The molecule has 55 heavy (non-hydrogen) atoms. The van der Waals surface area contributed by atoms with E-state index < -0.39 is 21.2 Å². The summed E-state index contributed by atoms with van der Waals surface area (Å²) in [6, 6.07) is 3.68. The summed E-state index contributed by atoms with van der Waals surface area (Å²) in [4.78, 5) is 19.3. The number of carboxylic acid groups (broad SMARTS) is 1. The van der Waals surface area contributed by atoms with E-state index in [0.717, 1.165) is 48.2 Å². The van der Waals surface area contributed by atoms with Crippen molar-refractivity contribution in [2.24, 2.45) is 51.2 Å². The summed E-state index contributed by atoms with van der Waals surface area (Å²) in [5, 5.41) is 14.6. The number of allylic oxidation sites excluding steroid dienone is 4. The minimum absolute atomic E-state index is 0.253. The van der Waals surface area contributed by atoms with Gasteiger partial charge in [0.1, 0.15) is 0 Å². The van der Waals surface area contributed by atoms with E-state index in [9.17, 15) is 18.3 Å². The number of rotatable bonds is 10. The Hall–Kier alpha value is -1.75. The molecule has 0 radical (unpaired) electrons. The normalized spacial score (nSPS) is 42.5. The van der Waals surface area contributed by atoms with Gasteiger partial charge in [0.25, 0.3) is 0 Å². The van der Waals surface area contributed by atoms with Crippen molar-refractivity contribution < 1.29 is 23.1 Å². The molecule has 8 unspecified atom stereocenters. The van der Waals surface area contributed by atoms with Gasteiger partial charge in [-0.25, -0.2) is 13.4 Å². The molecule has 6 aliphatic carbocycles. The largest absolute Gasteiger partial charge is 0.481 e. The number of ether oxygens (including phenoxy) is 1. The van der Waals surface area contributed by atoms with E-state index in [1.165, 1.54) is 68.9 Å². The van der Waals surface area contributed by atoms with Crippen LogP contribution in [0.15, 0.2) is 46.1 Å². The van der Waals surface area contributed by atoms with Crippen LogP contribution in [0.3, 0.4) is 0 Å². The quantitative estimate of drug-likeness (QED) is 0.241. The molecule has 10 atom stereocenters. The van der Waals surface area contributed by atoms with Crippen molar-refractivity contribution in [2.45, 2.75) is 123 Å². The Morgan fingerprint density at radius 1 is 0.982 bits per heavy atom. The van der Waals surface area contributed by atoms with Crippen LogP contribution >= 0.6 is 15.9 Å². The van der Waals surface area contributed by atoms with E-state index in [2.05, 4.69) is 71.0 Å². The molecule has 0 amide bonds. The maximum absolute atomic E-state index is 12.7. The summed E-state index contributed by atoms with van der Waals surface area (Å²) in [6.07, 6.45) is 22.1. The number of pyridine rings is 1. The van der Waals surface area contributed by atoms with Gasteiger partial charge in [-0.3, -0.25) is 4.79 Å². The van der Waals surface area contributed by atoms with Gasteiger partial charge in [-0.1, -0.05) is 62.2 Å². The highest BCUT2D eigenvalue weighted by Gasteiger charge is 2.68. The van der Waals surface area contributed by atoms with Gasteiger partial charge in [-0.15, -0.1) is 0 Å². The Morgan fingerprint density at radius 2 is 1.78 bits per heavy atom. The molecule has 10 heteroatoms. The zero-order valence-electron chi connectivity index (χ0n) is 33.9. The van der Waals surface area contributed by atoms with Gasteiger partial charge in [0, 0.05) is 48.5 Å². The molecule has 2 N–H and O–H groups in total. The highest BCUT2D eigenvalue weighted by atomic mass is 79.9. The van der Waals surface area contributed by atoms with Gasteiger partial charge in [0.2, 0.25) is 5.88 Å². The molecule has 1 aliphatic heterocycles. The van der Waals surface area contributed by atoms with Gasteiger partial charge in [0.05, 0.1) is 23.5 Å². The molecule has 4 saturated carbocycles. The fourth-order valence-electron chi connectivity index (χ4n) is 14.5. The first-order valence-corrected chi connectivity index (χ1v) is 24.3. The first kappa shape index (κ1) is 40.0. The van der Waals surface area contributed by atoms with Crippen LogP contribution in [0, 0.1) is 51.2 Å². The van der Waals surface area contributed by atoms with Crippen molar-refractivity contribution in [1.82, 2.24) is 15.2 Å². The lowest BCUT2D eigenvalue weighted by molar-refractivity contribution is -0.212. The molecule has 304 valence electrons. The second kappa shape index (κ2) is 14.8. The average Bonchev–Trinajstić information content (AvgIpc) is 3.57. The number of sulfone groups is 1. The summed E-state index contributed by atoms with van der Waals surface area (Å²) in [5.41, 5.74) is 3.32. The highest BCUT2D eigenvalue weighted by molar-refractivity contribution is 9.10. The molecule has 1 saturated heterocycles. The summed E-state index contributed by atoms with van der Waals surface area (Å²) in [5.74, 6) is 3.80. The minimum atomic E-state index is -2.84. The number of nitrogens with zero attached hydrogens (tertiary/aromatic N) is 2. The SMILES string of the molecule is CC1C(C2=CCC(CCOc3cc(Br)ccn3)(C(=O)O)CC2)=CCC2(C)C1CCC1(C)C2CCC2[C@H]3CCCC3(NCCN3CCS(=O)(=O)CC3)CC[C@]21C.